The van der Waals surface area contributed by atoms with E-state index >= 15 is 0 Å². The topological polar surface area (TPSA) is 73.2 Å². The number of likely N-dealkylation sites (N-methyl/N-ethyl adjacent to an activating group) is 1. The fraction of sp³-hybridized carbons (Fsp3) is 0.308. The van der Waals surface area contributed by atoms with Crippen molar-refractivity contribution in [1.82, 2.24) is 5.32 Å². The molecule has 0 fully saturated rings. The fourth-order valence-electron chi connectivity index (χ4n) is 1.64. The molecule has 0 aliphatic rings. The van der Waals surface area contributed by atoms with E-state index in [9.17, 15) is 9.59 Å². The van der Waals surface area contributed by atoms with Crippen LogP contribution < -0.4 is 10.2 Å². The molecule has 0 saturated heterocycles. The monoisotopic (exact) mass is 245 g/mol. The van der Waals surface area contributed by atoms with Gasteiger partial charge in [0, 0.05) is 12.7 Å². The van der Waals surface area contributed by atoms with E-state index in [0.29, 0.717) is 5.69 Å². The van der Waals surface area contributed by atoms with E-state index in [0.717, 1.165) is 11.1 Å². The van der Waals surface area contributed by atoms with Crippen molar-refractivity contribution >= 4 is 17.5 Å². The van der Waals surface area contributed by atoms with Gasteiger partial charge in [0.15, 0.2) is 0 Å². The molecule has 0 unspecified atom stereocenters. The summed E-state index contributed by atoms with van der Waals surface area (Å²) >= 11 is 0. The van der Waals surface area contributed by atoms with Crippen molar-refractivity contribution in [3.05, 3.63) is 29.3 Å². The summed E-state index contributed by atoms with van der Waals surface area (Å²) in [5.74, 6) is -1.46. The summed E-state index contributed by atoms with van der Waals surface area (Å²) in [5.41, 5.74) is 2.68. The third-order valence-corrected chi connectivity index (χ3v) is 2.54. The maximum Gasteiger partial charge on any atom is 0.316 e. The predicted molar refractivity (Wildman–Crippen MR) is 67.9 cm³/mol. The number of carbonyl (C=O) groups excluding carboxylic acids is 2. The van der Waals surface area contributed by atoms with Crippen LogP contribution in [0.1, 0.15) is 11.1 Å². The molecule has 2 amide bonds. The highest BCUT2D eigenvalue weighted by Gasteiger charge is 2.20. The summed E-state index contributed by atoms with van der Waals surface area (Å²) in [4.78, 5) is 24.5. The summed E-state index contributed by atoms with van der Waals surface area (Å²) in [6.45, 7) is 3.66. The van der Waals surface area contributed by atoms with E-state index in [1.165, 1.54) is 11.9 Å². The van der Waals surface area contributed by atoms with Crippen LogP contribution in [-0.4, -0.2) is 25.4 Å². The van der Waals surface area contributed by atoms with Crippen molar-refractivity contribution in [3.8, 4) is 6.07 Å². The zero-order valence-corrected chi connectivity index (χ0v) is 10.7. The van der Waals surface area contributed by atoms with Crippen molar-refractivity contribution in [1.29, 1.82) is 5.26 Å². The lowest BCUT2D eigenvalue weighted by atomic mass is 10.1. The number of nitriles is 1. The number of anilines is 1. The second-order valence-electron chi connectivity index (χ2n) is 3.99. The quantitative estimate of drug-likeness (QED) is 0.621. The van der Waals surface area contributed by atoms with Crippen molar-refractivity contribution in [2.45, 2.75) is 13.8 Å². The third kappa shape index (κ3) is 3.08. The molecule has 0 heterocycles. The minimum absolute atomic E-state index is 0.175. The second-order valence-corrected chi connectivity index (χ2v) is 3.99. The van der Waals surface area contributed by atoms with E-state index in [4.69, 9.17) is 5.26 Å². The molecule has 94 valence electrons. The summed E-state index contributed by atoms with van der Waals surface area (Å²) in [6, 6.07) is 7.35. The first-order valence-corrected chi connectivity index (χ1v) is 5.47. The number of nitrogens with zero attached hydrogens (tertiary/aromatic N) is 2. The summed E-state index contributed by atoms with van der Waals surface area (Å²) in [5, 5.41) is 10.6. The molecule has 0 radical (unpaired) electrons. The molecule has 0 aliphatic carbocycles. The summed E-state index contributed by atoms with van der Waals surface area (Å²) in [7, 11) is 1.53. The number of rotatable bonds is 2. The van der Waals surface area contributed by atoms with Crippen LogP contribution >= 0.6 is 0 Å². The van der Waals surface area contributed by atoms with Gasteiger partial charge < -0.3 is 10.2 Å². The van der Waals surface area contributed by atoms with Crippen LogP contribution in [0.3, 0.4) is 0 Å². The van der Waals surface area contributed by atoms with Crippen molar-refractivity contribution in [2.24, 2.45) is 0 Å². The molecule has 1 aromatic rings. The number of benzene rings is 1. The van der Waals surface area contributed by atoms with Gasteiger partial charge in [0.1, 0.15) is 6.54 Å². The van der Waals surface area contributed by atoms with Gasteiger partial charge in [-0.2, -0.15) is 5.26 Å². The normalized spacial score (nSPS) is 9.44. The zero-order valence-electron chi connectivity index (χ0n) is 10.7. The highest BCUT2D eigenvalue weighted by molar-refractivity contribution is 6.40. The Kier molecular flexibility index (Phi) is 4.44. The number of hydrogen-bond donors (Lipinski definition) is 1. The summed E-state index contributed by atoms with van der Waals surface area (Å²) in [6.07, 6.45) is 0. The lowest BCUT2D eigenvalue weighted by molar-refractivity contribution is -0.137. The molecule has 1 aromatic carbocycles. The molecule has 1 N–H and O–H groups in total. The van der Waals surface area contributed by atoms with E-state index in [1.807, 2.05) is 26.0 Å². The Hall–Kier alpha value is -2.35. The lowest BCUT2D eigenvalue weighted by Gasteiger charge is -2.19. The molecule has 0 saturated carbocycles. The number of nitrogens with one attached hydrogen (secondary N) is 1. The van der Waals surface area contributed by atoms with Gasteiger partial charge in [0.25, 0.3) is 0 Å². The Morgan fingerprint density at radius 2 is 2.06 bits per heavy atom. The number of amides is 2. The van der Waals surface area contributed by atoms with Gasteiger partial charge in [0.2, 0.25) is 0 Å². The molecule has 0 spiro atoms. The molecule has 5 nitrogen and oxygen atoms in total. The largest absolute Gasteiger partial charge is 0.335 e. The number of hydrogen-bond acceptors (Lipinski definition) is 3. The Morgan fingerprint density at radius 3 is 2.61 bits per heavy atom. The molecular formula is C13H15N3O2. The first-order valence-electron chi connectivity index (χ1n) is 5.47. The number of carbonyl (C=O) groups is 2. The first-order chi connectivity index (χ1) is 8.47. The Labute approximate surface area is 106 Å². The van der Waals surface area contributed by atoms with Gasteiger partial charge in [-0.25, -0.2) is 0 Å². The standard InChI is InChI=1S/C13H15N3O2/c1-9-4-5-11(10(2)8-9)16(3)13(18)12(17)15-7-6-14/h4-5,8H,7H2,1-3H3,(H,15,17). The van der Waals surface area contributed by atoms with Crippen molar-refractivity contribution < 1.29 is 9.59 Å². The highest BCUT2D eigenvalue weighted by Crippen LogP contribution is 2.19. The molecule has 0 aliphatic heterocycles. The minimum atomic E-state index is -0.779. The van der Waals surface area contributed by atoms with Crippen LogP contribution in [-0.2, 0) is 9.59 Å². The van der Waals surface area contributed by atoms with Crippen LogP contribution in [0.4, 0.5) is 5.69 Å². The van der Waals surface area contributed by atoms with E-state index in [1.54, 1.807) is 12.1 Å². The molecule has 0 bridgehead atoms. The second kappa shape index (κ2) is 5.82. The molecule has 0 atom stereocenters. The first kappa shape index (κ1) is 13.7. The van der Waals surface area contributed by atoms with Crippen LogP contribution in [0.15, 0.2) is 18.2 Å². The van der Waals surface area contributed by atoms with Gasteiger partial charge in [0.05, 0.1) is 6.07 Å². The Morgan fingerprint density at radius 1 is 1.39 bits per heavy atom. The van der Waals surface area contributed by atoms with Crippen LogP contribution in [0.5, 0.6) is 0 Å². The minimum Gasteiger partial charge on any atom is -0.335 e. The third-order valence-electron chi connectivity index (χ3n) is 2.54. The van der Waals surface area contributed by atoms with Crippen molar-refractivity contribution in [2.75, 3.05) is 18.5 Å². The summed E-state index contributed by atoms with van der Waals surface area (Å²) < 4.78 is 0. The Bertz CT molecular complexity index is 517. The van der Waals surface area contributed by atoms with Crippen LogP contribution in [0, 0.1) is 25.2 Å². The Balaban J connectivity index is 2.87. The van der Waals surface area contributed by atoms with Gasteiger partial charge >= 0.3 is 11.8 Å². The zero-order chi connectivity index (χ0) is 13.7. The number of aryl methyl sites for hydroxylation is 2. The smallest absolute Gasteiger partial charge is 0.316 e. The van der Waals surface area contributed by atoms with Gasteiger partial charge in [-0.1, -0.05) is 17.7 Å². The molecule has 1 rings (SSSR count). The molecule has 5 heteroatoms. The fourth-order valence-corrected chi connectivity index (χ4v) is 1.64. The molecule has 18 heavy (non-hydrogen) atoms. The SMILES string of the molecule is Cc1ccc(N(C)C(=O)C(=O)NCC#N)c(C)c1. The van der Waals surface area contributed by atoms with Gasteiger partial charge in [-0.3, -0.25) is 9.59 Å². The molecular weight excluding hydrogens is 230 g/mol. The van der Waals surface area contributed by atoms with Crippen molar-refractivity contribution in [3.63, 3.8) is 0 Å². The van der Waals surface area contributed by atoms with Crippen LogP contribution in [0.25, 0.3) is 0 Å². The maximum atomic E-state index is 11.8. The van der Waals surface area contributed by atoms with E-state index in [-0.39, 0.29) is 6.54 Å². The van der Waals surface area contributed by atoms with E-state index < -0.39 is 11.8 Å². The average Bonchev–Trinajstić information content (AvgIpc) is 2.34. The molecule has 0 aromatic heterocycles. The average molecular weight is 245 g/mol. The highest BCUT2D eigenvalue weighted by atomic mass is 16.2. The van der Waals surface area contributed by atoms with Crippen LogP contribution in [0.2, 0.25) is 0 Å². The maximum absolute atomic E-state index is 11.8. The predicted octanol–water partition coefficient (Wildman–Crippen LogP) is 0.906. The van der Waals surface area contributed by atoms with Gasteiger partial charge in [-0.05, 0) is 25.5 Å². The van der Waals surface area contributed by atoms with Gasteiger partial charge in [-0.15, -0.1) is 0 Å². The lowest BCUT2D eigenvalue weighted by Crippen LogP contribution is -2.41. The van der Waals surface area contributed by atoms with E-state index in [2.05, 4.69) is 5.32 Å².